The maximum Gasteiger partial charge on any atom is 0.262 e. The van der Waals surface area contributed by atoms with Gasteiger partial charge in [0.2, 0.25) is 0 Å². The number of hydrogen-bond donors (Lipinski definition) is 1. The zero-order valence-electron chi connectivity index (χ0n) is 17.5. The number of anilines is 1. The fraction of sp³-hybridized carbons (Fsp3) is 0.462. The molecule has 1 amide bonds. The molecule has 2 aromatic rings. The first-order valence-electron chi connectivity index (χ1n) is 11.2. The van der Waals surface area contributed by atoms with Crippen molar-refractivity contribution in [3.8, 4) is 11.8 Å². The van der Waals surface area contributed by atoms with Gasteiger partial charge >= 0.3 is 0 Å². The highest BCUT2D eigenvalue weighted by atomic mass is 16.5. The van der Waals surface area contributed by atoms with Crippen LogP contribution in [0, 0.1) is 11.3 Å². The van der Waals surface area contributed by atoms with Crippen LogP contribution in [0.2, 0.25) is 0 Å². The van der Waals surface area contributed by atoms with Gasteiger partial charge in [-0.1, -0.05) is 56.4 Å². The van der Waals surface area contributed by atoms with Crippen molar-refractivity contribution in [3.05, 3.63) is 59.7 Å². The molecule has 0 radical (unpaired) electrons. The number of rotatable bonds is 6. The Kier molecular flexibility index (Phi) is 6.38. The summed E-state index contributed by atoms with van der Waals surface area (Å²) in [6, 6.07) is 18.4. The molecule has 2 aliphatic rings. The summed E-state index contributed by atoms with van der Waals surface area (Å²) < 4.78 is 5.67. The SMILES string of the molecule is N#CC1(c2ccc(NC(=O)COc3ccc(C4CCCCC4)cc3)cc2)CCCC1. The molecule has 30 heavy (non-hydrogen) atoms. The number of carbonyl (C=O) groups is 1. The van der Waals surface area contributed by atoms with E-state index in [0.717, 1.165) is 42.7 Å². The predicted molar refractivity (Wildman–Crippen MR) is 119 cm³/mol. The topological polar surface area (TPSA) is 62.1 Å². The molecule has 2 aliphatic carbocycles. The summed E-state index contributed by atoms with van der Waals surface area (Å²) in [6.07, 6.45) is 10.6. The lowest BCUT2D eigenvalue weighted by atomic mass is 9.80. The van der Waals surface area contributed by atoms with Gasteiger partial charge in [0.05, 0.1) is 11.5 Å². The second-order valence-electron chi connectivity index (χ2n) is 8.72. The molecule has 0 unspecified atom stereocenters. The standard InChI is InChI=1S/C26H30N2O2/c27-19-26(16-4-5-17-26)22-10-12-23(13-11-22)28-25(29)18-30-24-14-8-21(9-15-24)20-6-2-1-3-7-20/h8-15,20H,1-7,16-18H2,(H,28,29). The third-order valence-corrected chi connectivity index (χ3v) is 6.72. The highest BCUT2D eigenvalue weighted by Crippen LogP contribution is 2.40. The van der Waals surface area contributed by atoms with Gasteiger partial charge in [-0.25, -0.2) is 0 Å². The van der Waals surface area contributed by atoms with Crippen molar-refractivity contribution in [3.63, 3.8) is 0 Å². The van der Waals surface area contributed by atoms with Gasteiger partial charge in [0.25, 0.3) is 5.91 Å². The Morgan fingerprint density at radius 3 is 2.27 bits per heavy atom. The van der Waals surface area contributed by atoms with Gasteiger partial charge in [-0.2, -0.15) is 5.26 Å². The van der Waals surface area contributed by atoms with Crippen LogP contribution in [0.5, 0.6) is 5.75 Å². The maximum atomic E-state index is 12.3. The monoisotopic (exact) mass is 402 g/mol. The summed E-state index contributed by atoms with van der Waals surface area (Å²) in [5, 5.41) is 12.5. The van der Waals surface area contributed by atoms with Gasteiger partial charge in [0.1, 0.15) is 5.75 Å². The number of benzene rings is 2. The van der Waals surface area contributed by atoms with Crippen LogP contribution in [0.3, 0.4) is 0 Å². The maximum absolute atomic E-state index is 12.3. The summed E-state index contributed by atoms with van der Waals surface area (Å²) in [5.41, 5.74) is 2.81. The Morgan fingerprint density at radius 2 is 1.63 bits per heavy atom. The van der Waals surface area contributed by atoms with Crippen LogP contribution in [0.1, 0.15) is 74.8 Å². The first kappa shape index (κ1) is 20.5. The van der Waals surface area contributed by atoms with E-state index < -0.39 is 0 Å². The molecule has 1 N–H and O–H groups in total. The largest absolute Gasteiger partial charge is 0.484 e. The molecule has 0 heterocycles. The van der Waals surface area contributed by atoms with Crippen molar-refractivity contribution in [2.75, 3.05) is 11.9 Å². The van der Waals surface area contributed by atoms with Crippen LogP contribution in [-0.2, 0) is 10.2 Å². The minimum absolute atomic E-state index is 0.0212. The molecule has 4 rings (SSSR count). The molecular weight excluding hydrogens is 372 g/mol. The molecule has 0 bridgehead atoms. The summed E-state index contributed by atoms with van der Waals surface area (Å²) in [4.78, 5) is 12.3. The van der Waals surface area contributed by atoms with Gasteiger partial charge in [0, 0.05) is 5.69 Å². The Hall–Kier alpha value is -2.80. The van der Waals surface area contributed by atoms with Crippen molar-refractivity contribution in [2.45, 2.75) is 69.1 Å². The number of carbonyl (C=O) groups excluding carboxylic acids is 1. The van der Waals surface area contributed by atoms with Gasteiger partial charge in [-0.3, -0.25) is 4.79 Å². The fourth-order valence-electron chi connectivity index (χ4n) is 4.93. The Labute approximate surface area is 179 Å². The van der Waals surface area contributed by atoms with E-state index >= 15 is 0 Å². The van der Waals surface area contributed by atoms with E-state index in [0.29, 0.717) is 5.92 Å². The normalized spacial score (nSPS) is 18.5. The number of nitrogens with one attached hydrogen (secondary N) is 1. The molecule has 4 heteroatoms. The Morgan fingerprint density at radius 1 is 0.967 bits per heavy atom. The van der Waals surface area contributed by atoms with E-state index in [4.69, 9.17) is 4.74 Å². The molecular formula is C26H30N2O2. The molecule has 4 nitrogen and oxygen atoms in total. The van der Waals surface area contributed by atoms with Crippen LogP contribution in [-0.4, -0.2) is 12.5 Å². The van der Waals surface area contributed by atoms with Crippen LogP contribution >= 0.6 is 0 Å². The second-order valence-corrected chi connectivity index (χ2v) is 8.72. The molecule has 0 aromatic heterocycles. The quantitative estimate of drug-likeness (QED) is 0.636. The summed E-state index contributed by atoms with van der Waals surface area (Å²) >= 11 is 0. The number of ether oxygens (including phenoxy) is 1. The molecule has 0 aliphatic heterocycles. The molecule has 0 spiro atoms. The minimum atomic E-state index is -0.352. The summed E-state index contributed by atoms with van der Waals surface area (Å²) in [6.45, 7) is -0.0212. The van der Waals surface area contributed by atoms with Crippen molar-refractivity contribution in [1.82, 2.24) is 0 Å². The van der Waals surface area contributed by atoms with E-state index in [9.17, 15) is 10.1 Å². The van der Waals surface area contributed by atoms with Crippen LogP contribution in [0.25, 0.3) is 0 Å². The Balaban J connectivity index is 1.28. The van der Waals surface area contributed by atoms with Crippen molar-refractivity contribution >= 4 is 11.6 Å². The summed E-state index contributed by atoms with van der Waals surface area (Å²) in [7, 11) is 0. The predicted octanol–water partition coefficient (Wildman–Crippen LogP) is 6.09. The van der Waals surface area contributed by atoms with E-state index in [1.807, 2.05) is 36.4 Å². The second kappa shape index (κ2) is 9.34. The average Bonchev–Trinajstić information content (AvgIpc) is 3.30. The van der Waals surface area contributed by atoms with Gasteiger partial charge < -0.3 is 10.1 Å². The van der Waals surface area contributed by atoms with Crippen molar-refractivity contribution < 1.29 is 9.53 Å². The Bertz CT molecular complexity index is 884. The van der Waals surface area contributed by atoms with Gasteiger partial charge in [-0.15, -0.1) is 0 Å². The van der Waals surface area contributed by atoms with E-state index in [1.165, 1.54) is 37.7 Å². The zero-order valence-corrected chi connectivity index (χ0v) is 17.5. The lowest BCUT2D eigenvalue weighted by Crippen LogP contribution is -2.21. The molecule has 0 atom stereocenters. The first-order chi connectivity index (χ1) is 14.7. The number of amides is 1. The highest BCUT2D eigenvalue weighted by molar-refractivity contribution is 5.91. The molecule has 0 saturated heterocycles. The number of nitrogens with zero attached hydrogens (tertiary/aromatic N) is 1. The molecule has 2 fully saturated rings. The molecule has 2 saturated carbocycles. The molecule has 156 valence electrons. The van der Waals surface area contributed by atoms with Crippen molar-refractivity contribution in [2.24, 2.45) is 0 Å². The third kappa shape index (κ3) is 4.67. The van der Waals surface area contributed by atoms with Gasteiger partial charge in [0.15, 0.2) is 6.61 Å². The lowest BCUT2D eigenvalue weighted by Gasteiger charge is -2.22. The minimum Gasteiger partial charge on any atom is -0.484 e. The smallest absolute Gasteiger partial charge is 0.262 e. The fourth-order valence-corrected chi connectivity index (χ4v) is 4.93. The van der Waals surface area contributed by atoms with Crippen molar-refractivity contribution in [1.29, 1.82) is 5.26 Å². The van der Waals surface area contributed by atoms with E-state index in [1.54, 1.807) is 0 Å². The van der Waals surface area contributed by atoms with Crippen LogP contribution in [0.4, 0.5) is 5.69 Å². The third-order valence-electron chi connectivity index (χ3n) is 6.72. The zero-order chi connectivity index (χ0) is 20.8. The summed E-state index contributed by atoms with van der Waals surface area (Å²) in [5.74, 6) is 1.20. The number of nitriles is 1. The van der Waals surface area contributed by atoms with E-state index in [2.05, 4.69) is 23.5 Å². The lowest BCUT2D eigenvalue weighted by molar-refractivity contribution is -0.118. The van der Waals surface area contributed by atoms with Crippen LogP contribution in [0.15, 0.2) is 48.5 Å². The number of hydrogen-bond acceptors (Lipinski definition) is 3. The first-order valence-corrected chi connectivity index (χ1v) is 11.2. The molecule has 2 aromatic carbocycles. The van der Waals surface area contributed by atoms with Crippen LogP contribution < -0.4 is 10.1 Å². The average molecular weight is 403 g/mol. The van der Waals surface area contributed by atoms with E-state index in [-0.39, 0.29) is 17.9 Å². The van der Waals surface area contributed by atoms with Gasteiger partial charge in [-0.05, 0) is 67.0 Å². The highest BCUT2D eigenvalue weighted by Gasteiger charge is 2.35.